The molecule has 2 N–H and O–H groups in total. The van der Waals surface area contributed by atoms with E-state index in [0.29, 0.717) is 15.7 Å². The van der Waals surface area contributed by atoms with Gasteiger partial charge in [0, 0.05) is 12.2 Å². The Hall–Kier alpha value is -1.46. The smallest absolute Gasteiger partial charge is 0.139 e. The van der Waals surface area contributed by atoms with Crippen LogP contribution in [0.1, 0.15) is 11.7 Å². The summed E-state index contributed by atoms with van der Waals surface area (Å²) in [7, 11) is 0. The number of benzene rings is 2. The van der Waals surface area contributed by atoms with E-state index in [2.05, 4.69) is 21.2 Å². The summed E-state index contributed by atoms with van der Waals surface area (Å²) in [5.41, 5.74) is 1.17. The highest BCUT2D eigenvalue weighted by Gasteiger charge is 2.08. The van der Waals surface area contributed by atoms with Crippen molar-refractivity contribution >= 4 is 21.6 Å². The summed E-state index contributed by atoms with van der Waals surface area (Å²) in [5.74, 6) is -0.722. The predicted octanol–water partition coefficient (Wildman–Crippen LogP) is 3.87. The van der Waals surface area contributed by atoms with Crippen molar-refractivity contribution in [2.45, 2.75) is 6.10 Å². The molecule has 0 aliphatic heterocycles. The van der Waals surface area contributed by atoms with Gasteiger partial charge >= 0.3 is 0 Å². The summed E-state index contributed by atoms with van der Waals surface area (Å²) in [6.07, 6.45) is -0.785. The molecule has 0 saturated carbocycles. The van der Waals surface area contributed by atoms with E-state index in [-0.39, 0.29) is 18.2 Å². The lowest BCUT2D eigenvalue weighted by Crippen LogP contribution is -2.12. The molecule has 0 heterocycles. The van der Waals surface area contributed by atoms with Crippen LogP contribution in [-0.2, 0) is 0 Å². The Kier molecular flexibility index (Phi) is 4.50. The topological polar surface area (TPSA) is 32.3 Å². The fourth-order valence-electron chi connectivity index (χ4n) is 1.62. The van der Waals surface area contributed by atoms with Crippen molar-refractivity contribution in [2.75, 3.05) is 11.9 Å². The summed E-state index contributed by atoms with van der Waals surface area (Å²) in [4.78, 5) is 0. The summed E-state index contributed by atoms with van der Waals surface area (Å²) >= 11 is 3.07. The molecule has 1 atom stereocenters. The first-order valence-corrected chi connectivity index (χ1v) is 6.48. The minimum Gasteiger partial charge on any atom is -0.387 e. The zero-order chi connectivity index (χ0) is 13.8. The van der Waals surface area contributed by atoms with Crippen LogP contribution < -0.4 is 5.32 Å². The van der Waals surface area contributed by atoms with Crippen molar-refractivity contribution < 1.29 is 13.9 Å². The molecule has 0 fully saturated rings. The van der Waals surface area contributed by atoms with Crippen molar-refractivity contribution in [1.29, 1.82) is 0 Å². The number of halogens is 3. The zero-order valence-corrected chi connectivity index (χ0v) is 11.5. The van der Waals surface area contributed by atoms with Crippen LogP contribution in [0.5, 0.6) is 0 Å². The molecule has 100 valence electrons. The van der Waals surface area contributed by atoms with Gasteiger partial charge in [0.15, 0.2) is 0 Å². The molecule has 0 aromatic heterocycles. The van der Waals surface area contributed by atoms with E-state index >= 15 is 0 Å². The third-order valence-corrected chi connectivity index (χ3v) is 3.32. The molecular formula is C14H12BrF2NO. The first-order valence-electron chi connectivity index (χ1n) is 5.69. The second-order valence-corrected chi connectivity index (χ2v) is 4.93. The molecule has 0 saturated heterocycles. The maximum atomic E-state index is 13.3. The molecule has 0 spiro atoms. The highest BCUT2D eigenvalue weighted by atomic mass is 79.9. The Morgan fingerprint density at radius 1 is 1.11 bits per heavy atom. The van der Waals surface area contributed by atoms with Crippen LogP contribution in [-0.4, -0.2) is 11.7 Å². The monoisotopic (exact) mass is 327 g/mol. The van der Waals surface area contributed by atoms with Crippen molar-refractivity contribution in [3.05, 3.63) is 64.1 Å². The number of aliphatic hydroxyl groups is 1. The van der Waals surface area contributed by atoms with Gasteiger partial charge in [0.25, 0.3) is 0 Å². The average molecular weight is 328 g/mol. The minimum absolute atomic E-state index is 0.215. The zero-order valence-electron chi connectivity index (χ0n) is 9.91. The number of hydrogen-bond donors (Lipinski definition) is 2. The first kappa shape index (κ1) is 14.0. The summed E-state index contributed by atoms with van der Waals surface area (Å²) in [5, 5.41) is 12.8. The van der Waals surface area contributed by atoms with Gasteiger partial charge in [0.2, 0.25) is 0 Å². The summed E-state index contributed by atoms with van der Waals surface area (Å²) < 4.78 is 26.4. The van der Waals surface area contributed by atoms with Crippen molar-refractivity contribution in [2.24, 2.45) is 0 Å². The summed E-state index contributed by atoms with van der Waals surface area (Å²) in [6.45, 7) is 0.215. The number of aliphatic hydroxyl groups excluding tert-OH is 1. The Bertz CT molecular complexity index is 560. The predicted molar refractivity (Wildman–Crippen MR) is 73.9 cm³/mol. The SMILES string of the molecule is OC(CNc1ccc(Br)c(F)c1)c1ccc(F)cc1. The van der Waals surface area contributed by atoms with E-state index in [4.69, 9.17) is 0 Å². The van der Waals surface area contributed by atoms with Crippen LogP contribution in [0.4, 0.5) is 14.5 Å². The average Bonchev–Trinajstić information content (AvgIpc) is 2.40. The number of hydrogen-bond acceptors (Lipinski definition) is 2. The molecule has 5 heteroatoms. The van der Waals surface area contributed by atoms with Crippen LogP contribution in [0.25, 0.3) is 0 Å². The first-order chi connectivity index (χ1) is 9.06. The van der Waals surface area contributed by atoms with E-state index < -0.39 is 6.10 Å². The van der Waals surface area contributed by atoms with Crippen molar-refractivity contribution in [3.8, 4) is 0 Å². The molecule has 0 radical (unpaired) electrons. The third kappa shape index (κ3) is 3.75. The number of nitrogens with one attached hydrogen (secondary N) is 1. The normalized spacial score (nSPS) is 12.2. The quantitative estimate of drug-likeness (QED) is 0.893. The molecule has 2 nitrogen and oxygen atoms in total. The highest BCUT2D eigenvalue weighted by molar-refractivity contribution is 9.10. The Morgan fingerprint density at radius 2 is 1.79 bits per heavy atom. The lowest BCUT2D eigenvalue weighted by molar-refractivity contribution is 0.191. The van der Waals surface area contributed by atoms with E-state index in [1.165, 1.54) is 30.3 Å². The van der Waals surface area contributed by atoms with Crippen molar-refractivity contribution in [1.82, 2.24) is 0 Å². The lowest BCUT2D eigenvalue weighted by atomic mass is 10.1. The molecule has 19 heavy (non-hydrogen) atoms. The molecular weight excluding hydrogens is 316 g/mol. The van der Waals surface area contributed by atoms with E-state index in [0.717, 1.165) is 0 Å². The minimum atomic E-state index is -0.785. The van der Waals surface area contributed by atoms with Crippen LogP contribution in [0.2, 0.25) is 0 Å². The maximum Gasteiger partial charge on any atom is 0.139 e. The summed E-state index contributed by atoms with van der Waals surface area (Å²) in [6, 6.07) is 10.2. The highest BCUT2D eigenvalue weighted by Crippen LogP contribution is 2.20. The maximum absolute atomic E-state index is 13.3. The Labute approximate surface area is 118 Å². The van der Waals surface area contributed by atoms with E-state index in [1.807, 2.05) is 0 Å². The second-order valence-electron chi connectivity index (χ2n) is 4.08. The molecule has 0 aliphatic carbocycles. The fourth-order valence-corrected chi connectivity index (χ4v) is 1.87. The molecule has 0 amide bonds. The van der Waals surface area contributed by atoms with Gasteiger partial charge in [-0.3, -0.25) is 0 Å². The largest absolute Gasteiger partial charge is 0.387 e. The molecule has 2 rings (SSSR count). The second kappa shape index (κ2) is 6.12. The van der Waals surface area contributed by atoms with Gasteiger partial charge in [-0.2, -0.15) is 0 Å². The van der Waals surface area contributed by atoms with Gasteiger partial charge in [-0.25, -0.2) is 8.78 Å². The molecule has 0 aliphatic rings. The van der Waals surface area contributed by atoms with Gasteiger partial charge in [0.05, 0.1) is 10.6 Å². The van der Waals surface area contributed by atoms with Crippen LogP contribution >= 0.6 is 15.9 Å². The van der Waals surface area contributed by atoms with Gasteiger partial charge in [-0.05, 0) is 51.8 Å². The van der Waals surface area contributed by atoms with Gasteiger partial charge < -0.3 is 10.4 Å². The van der Waals surface area contributed by atoms with Gasteiger partial charge in [0.1, 0.15) is 11.6 Å². The Morgan fingerprint density at radius 3 is 2.42 bits per heavy atom. The van der Waals surface area contributed by atoms with Crippen LogP contribution in [0.3, 0.4) is 0 Å². The molecule has 2 aromatic carbocycles. The van der Waals surface area contributed by atoms with Gasteiger partial charge in [-0.15, -0.1) is 0 Å². The fraction of sp³-hybridized carbons (Fsp3) is 0.143. The van der Waals surface area contributed by atoms with Gasteiger partial charge in [-0.1, -0.05) is 12.1 Å². The molecule has 1 unspecified atom stereocenters. The lowest BCUT2D eigenvalue weighted by Gasteiger charge is -2.13. The number of anilines is 1. The van der Waals surface area contributed by atoms with E-state index in [1.54, 1.807) is 12.1 Å². The Balaban J connectivity index is 1.98. The molecule has 0 bridgehead atoms. The van der Waals surface area contributed by atoms with Crippen molar-refractivity contribution in [3.63, 3.8) is 0 Å². The molecule has 2 aromatic rings. The standard InChI is InChI=1S/C14H12BrF2NO/c15-12-6-5-11(7-13(12)17)18-8-14(19)9-1-3-10(16)4-2-9/h1-7,14,18-19H,8H2. The van der Waals surface area contributed by atoms with E-state index in [9.17, 15) is 13.9 Å². The van der Waals surface area contributed by atoms with Crippen LogP contribution in [0, 0.1) is 11.6 Å². The number of rotatable bonds is 4. The van der Waals surface area contributed by atoms with Crippen LogP contribution in [0.15, 0.2) is 46.9 Å². The third-order valence-electron chi connectivity index (χ3n) is 2.67.